The highest BCUT2D eigenvalue weighted by atomic mass is 16.5. The number of carbonyl (C=O) groups excluding carboxylic acids is 1. The highest BCUT2D eigenvalue weighted by molar-refractivity contribution is 5.90. The first-order valence-electron chi connectivity index (χ1n) is 5.77. The smallest absolute Gasteiger partial charge is 0.267 e. The number of pyridine rings is 1. The number of nitrogens with one attached hydrogen (secondary N) is 1. The molecule has 1 saturated carbocycles. The Bertz CT molecular complexity index is 402. The quantitative estimate of drug-likeness (QED) is 0.781. The topological polar surface area (TPSA) is 77.2 Å². The van der Waals surface area contributed by atoms with Gasteiger partial charge in [-0.1, -0.05) is 6.07 Å². The summed E-state index contributed by atoms with van der Waals surface area (Å²) in [5.41, 5.74) is 5.40. The molecule has 3 N–H and O–H groups in total. The van der Waals surface area contributed by atoms with Crippen molar-refractivity contribution in [3.63, 3.8) is 0 Å². The summed E-state index contributed by atoms with van der Waals surface area (Å²) in [5.74, 6) is 0.635. The predicted molar refractivity (Wildman–Crippen MR) is 63.8 cm³/mol. The predicted octanol–water partition coefficient (Wildman–Crippen LogP) is 0.557. The van der Waals surface area contributed by atoms with E-state index in [2.05, 4.69) is 10.3 Å². The largest absolute Gasteiger partial charge is 0.474 e. The Morgan fingerprint density at radius 1 is 1.59 bits per heavy atom. The molecule has 2 rings (SSSR count). The minimum atomic E-state index is -0.530. The number of nitrogens with zero attached hydrogens (tertiary/aromatic N) is 1. The van der Waals surface area contributed by atoms with Crippen LogP contribution in [-0.4, -0.2) is 30.6 Å². The van der Waals surface area contributed by atoms with Gasteiger partial charge in [-0.25, -0.2) is 4.98 Å². The molecule has 0 aliphatic heterocycles. The van der Waals surface area contributed by atoms with Crippen molar-refractivity contribution in [3.05, 3.63) is 23.9 Å². The normalized spacial score (nSPS) is 22.9. The van der Waals surface area contributed by atoms with Gasteiger partial charge >= 0.3 is 0 Å². The van der Waals surface area contributed by atoms with Gasteiger partial charge in [0.2, 0.25) is 5.88 Å². The number of amides is 1. The molecule has 0 atom stereocenters. The molecule has 0 aromatic carbocycles. The number of hydrogen-bond donors (Lipinski definition) is 2. The van der Waals surface area contributed by atoms with Crippen LogP contribution >= 0.6 is 0 Å². The van der Waals surface area contributed by atoms with Crippen molar-refractivity contribution in [3.8, 4) is 5.88 Å². The van der Waals surface area contributed by atoms with Crippen LogP contribution in [0.2, 0.25) is 0 Å². The molecule has 1 aromatic heterocycles. The maximum atomic E-state index is 11.0. The average molecular weight is 235 g/mol. The SMILES string of the molecule is CNCC1CC(Oc2cccc(C(N)=O)n2)C1. The molecular formula is C12H17N3O2. The van der Waals surface area contributed by atoms with Crippen LogP contribution in [0.5, 0.6) is 5.88 Å². The first-order chi connectivity index (χ1) is 8.19. The van der Waals surface area contributed by atoms with Gasteiger partial charge < -0.3 is 15.8 Å². The van der Waals surface area contributed by atoms with Crippen molar-refractivity contribution in [1.29, 1.82) is 0 Å². The average Bonchev–Trinajstić information content (AvgIpc) is 2.27. The summed E-state index contributed by atoms with van der Waals surface area (Å²) in [6.07, 6.45) is 2.27. The zero-order valence-corrected chi connectivity index (χ0v) is 9.85. The van der Waals surface area contributed by atoms with Gasteiger partial charge in [0.05, 0.1) is 0 Å². The summed E-state index contributed by atoms with van der Waals surface area (Å²) < 4.78 is 5.67. The molecule has 0 radical (unpaired) electrons. The molecule has 0 spiro atoms. The van der Waals surface area contributed by atoms with Crippen LogP contribution in [0.3, 0.4) is 0 Å². The molecule has 92 valence electrons. The third kappa shape index (κ3) is 2.94. The van der Waals surface area contributed by atoms with Gasteiger partial charge in [0.1, 0.15) is 11.8 Å². The summed E-state index contributed by atoms with van der Waals surface area (Å²) in [4.78, 5) is 15.0. The van der Waals surface area contributed by atoms with Gasteiger partial charge in [0.15, 0.2) is 0 Å². The standard InChI is InChI=1S/C12H17N3O2/c1-14-7-8-5-9(6-8)17-11-4-2-3-10(15-11)12(13)16/h2-4,8-9,14H,5-7H2,1H3,(H2,13,16). The van der Waals surface area contributed by atoms with E-state index in [9.17, 15) is 4.79 Å². The summed E-state index contributed by atoms with van der Waals surface area (Å²) in [6.45, 7) is 1.02. The van der Waals surface area contributed by atoms with E-state index in [1.54, 1.807) is 18.2 Å². The summed E-state index contributed by atoms with van der Waals surface area (Å²) >= 11 is 0. The van der Waals surface area contributed by atoms with Gasteiger partial charge in [-0.05, 0) is 38.4 Å². The fourth-order valence-corrected chi connectivity index (χ4v) is 2.01. The van der Waals surface area contributed by atoms with Crippen molar-refractivity contribution in [2.75, 3.05) is 13.6 Å². The molecule has 1 aliphatic carbocycles. The van der Waals surface area contributed by atoms with Crippen LogP contribution in [-0.2, 0) is 0 Å². The van der Waals surface area contributed by atoms with Gasteiger partial charge in [-0.15, -0.1) is 0 Å². The van der Waals surface area contributed by atoms with Gasteiger partial charge in [-0.2, -0.15) is 0 Å². The zero-order chi connectivity index (χ0) is 12.3. The second-order valence-corrected chi connectivity index (χ2v) is 4.36. The summed E-state index contributed by atoms with van der Waals surface area (Å²) in [7, 11) is 1.95. The second-order valence-electron chi connectivity index (χ2n) is 4.36. The molecule has 1 heterocycles. The molecule has 1 amide bonds. The third-order valence-corrected chi connectivity index (χ3v) is 2.95. The molecule has 0 saturated heterocycles. The fraction of sp³-hybridized carbons (Fsp3) is 0.500. The molecule has 5 heteroatoms. The number of rotatable bonds is 5. The summed E-state index contributed by atoms with van der Waals surface area (Å²) in [5, 5.41) is 3.15. The minimum absolute atomic E-state index is 0.212. The van der Waals surface area contributed by atoms with E-state index in [1.165, 1.54) is 0 Å². The zero-order valence-electron chi connectivity index (χ0n) is 9.85. The molecule has 0 bridgehead atoms. The lowest BCUT2D eigenvalue weighted by Gasteiger charge is -2.34. The maximum Gasteiger partial charge on any atom is 0.267 e. The van der Waals surface area contributed by atoms with Crippen LogP contribution in [0.15, 0.2) is 18.2 Å². The monoisotopic (exact) mass is 235 g/mol. The van der Waals surface area contributed by atoms with Crippen LogP contribution in [0.1, 0.15) is 23.3 Å². The van der Waals surface area contributed by atoms with Crippen LogP contribution in [0, 0.1) is 5.92 Å². The minimum Gasteiger partial charge on any atom is -0.474 e. The van der Waals surface area contributed by atoms with E-state index in [4.69, 9.17) is 10.5 Å². The number of carbonyl (C=O) groups is 1. The second kappa shape index (κ2) is 5.14. The number of ether oxygens (including phenoxy) is 1. The molecular weight excluding hydrogens is 218 g/mol. The molecule has 1 aromatic rings. The lowest BCUT2D eigenvalue weighted by Crippen LogP contribution is -2.38. The molecule has 5 nitrogen and oxygen atoms in total. The number of primary amides is 1. The van der Waals surface area contributed by atoms with Crippen LogP contribution in [0.4, 0.5) is 0 Å². The fourth-order valence-electron chi connectivity index (χ4n) is 2.01. The Morgan fingerprint density at radius 3 is 3.00 bits per heavy atom. The van der Waals surface area contributed by atoms with Crippen molar-refractivity contribution in [1.82, 2.24) is 10.3 Å². The number of nitrogens with two attached hydrogens (primary N) is 1. The Labute approximate surface area is 100 Å². The van der Waals surface area contributed by atoms with E-state index in [0.717, 1.165) is 19.4 Å². The van der Waals surface area contributed by atoms with Crippen molar-refractivity contribution in [2.24, 2.45) is 11.7 Å². The molecule has 1 fully saturated rings. The highest BCUT2D eigenvalue weighted by Crippen LogP contribution is 2.30. The van der Waals surface area contributed by atoms with Gasteiger partial charge in [0, 0.05) is 6.07 Å². The Hall–Kier alpha value is -1.62. The van der Waals surface area contributed by atoms with Gasteiger partial charge in [-0.3, -0.25) is 4.79 Å². The molecule has 1 aliphatic rings. The number of hydrogen-bond acceptors (Lipinski definition) is 4. The molecule has 17 heavy (non-hydrogen) atoms. The van der Waals surface area contributed by atoms with Crippen LogP contribution in [0.25, 0.3) is 0 Å². The number of aromatic nitrogens is 1. The highest BCUT2D eigenvalue weighted by Gasteiger charge is 2.30. The van der Waals surface area contributed by atoms with Crippen molar-refractivity contribution in [2.45, 2.75) is 18.9 Å². The maximum absolute atomic E-state index is 11.0. The van der Waals surface area contributed by atoms with E-state index >= 15 is 0 Å². The first-order valence-corrected chi connectivity index (χ1v) is 5.77. The summed E-state index contributed by atoms with van der Waals surface area (Å²) in [6, 6.07) is 5.06. The van der Waals surface area contributed by atoms with Crippen molar-refractivity contribution < 1.29 is 9.53 Å². The molecule has 0 unspecified atom stereocenters. The lowest BCUT2D eigenvalue weighted by atomic mass is 9.82. The van der Waals surface area contributed by atoms with Crippen LogP contribution < -0.4 is 15.8 Å². The lowest BCUT2D eigenvalue weighted by molar-refractivity contribution is 0.0613. The Morgan fingerprint density at radius 2 is 2.35 bits per heavy atom. The Balaban J connectivity index is 1.88. The first kappa shape index (κ1) is 11.9. The van der Waals surface area contributed by atoms with E-state index < -0.39 is 5.91 Å². The van der Waals surface area contributed by atoms with Gasteiger partial charge in [0.25, 0.3) is 5.91 Å². The third-order valence-electron chi connectivity index (χ3n) is 2.95. The van der Waals surface area contributed by atoms with E-state index in [0.29, 0.717) is 11.8 Å². The van der Waals surface area contributed by atoms with Crippen molar-refractivity contribution >= 4 is 5.91 Å². The Kier molecular flexibility index (Phi) is 3.58. The van der Waals surface area contributed by atoms with E-state index in [-0.39, 0.29) is 11.8 Å². The van der Waals surface area contributed by atoms with E-state index in [1.807, 2.05) is 7.05 Å².